The molecule has 4 atom stereocenters. The van der Waals surface area contributed by atoms with Crippen LogP contribution in [0.4, 0.5) is 0 Å². The maximum atomic E-state index is 13.7. The summed E-state index contributed by atoms with van der Waals surface area (Å²) in [4.78, 5) is 30.3. The van der Waals surface area contributed by atoms with Crippen molar-refractivity contribution in [2.24, 2.45) is 5.92 Å². The number of carbonyl (C=O) groups is 2. The molecule has 0 saturated carbocycles. The molecule has 0 spiro atoms. The van der Waals surface area contributed by atoms with Gasteiger partial charge in [0.15, 0.2) is 18.5 Å². The van der Waals surface area contributed by atoms with Gasteiger partial charge < -0.3 is 24.4 Å². The molecule has 0 aliphatic carbocycles. The minimum atomic E-state index is -1.02. The second kappa shape index (κ2) is 10.5. The van der Waals surface area contributed by atoms with Crippen molar-refractivity contribution in [3.63, 3.8) is 0 Å². The lowest BCUT2D eigenvalue weighted by molar-refractivity contribution is -0.162. The van der Waals surface area contributed by atoms with E-state index in [9.17, 15) is 14.7 Å². The maximum absolute atomic E-state index is 13.7. The molecule has 2 aromatic carbocycles. The highest BCUT2D eigenvalue weighted by Gasteiger charge is 2.52. The number of hydrogen-bond donors (Lipinski definition) is 1. The molecule has 2 aliphatic heterocycles. The number of amides is 2. The molecule has 1 N–H and O–H groups in total. The quantitative estimate of drug-likeness (QED) is 0.633. The molecule has 2 saturated heterocycles. The van der Waals surface area contributed by atoms with Crippen LogP contribution in [0.2, 0.25) is 0 Å². The average molecular weight is 453 g/mol. The molecule has 2 aliphatic rings. The lowest BCUT2D eigenvalue weighted by Gasteiger charge is -2.34. The second-order valence-electron chi connectivity index (χ2n) is 9.16. The fourth-order valence-corrected chi connectivity index (χ4v) is 4.53. The molecule has 2 fully saturated rings. The topological polar surface area (TPSA) is 79.3 Å². The number of hydrogen-bond acceptors (Lipinski definition) is 5. The Labute approximate surface area is 194 Å². The zero-order valence-electron chi connectivity index (χ0n) is 19.2. The molecule has 2 bridgehead atoms. The summed E-state index contributed by atoms with van der Waals surface area (Å²) in [5.41, 5.74) is 1.96. The minimum absolute atomic E-state index is 0.160. The Morgan fingerprint density at radius 2 is 1.70 bits per heavy atom. The van der Waals surface area contributed by atoms with E-state index in [2.05, 4.69) is 13.8 Å². The van der Waals surface area contributed by atoms with Crippen LogP contribution in [-0.2, 0) is 32.2 Å². The van der Waals surface area contributed by atoms with E-state index in [0.717, 1.165) is 11.1 Å². The summed E-state index contributed by atoms with van der Waals surface area (Å²) in [6.45, 7) is 5.01. The standard InChI is InChI=1S/C26H32N2O5/c1-18(2)13-21(17-29)28(15-20-11-7-4-8-12-20)26(31)24-23-25(30)27(16-22(32-23)33-24)14-19-9-5-3-6-10-19/h3-12,18,21-24,29H,13-17H2,1-2H3/t21-,22+,23-,24+/m0/s1. The van der Waals surface area contributed by atoms with E-state index < -0.39 is 18.5 Å². The highest BCUT2D eigenvalue weighted by molar-refractivity contribution is 5.92. The first-order chi connectivity index (χ1) is 16.0. The van der Waals surface area contributed by atoms with Gasteiger partial charge in [0, 0.05) is 13.1 Å². The van der Waals surface area contributed by atoms with Gasteiger partial charge in [0.2, 0.25) is 0 Å². The van der Waals surface area contributed by atoms with Gasteiger partial charge in [0.1, 0.15) is 0 Å². The van der Waals surface area contributed by atoms with Crippen LogP contribution in [-0.4, -0.2) is 64.4 Å². The summed E-state index contributed by atoms with van der Waals surface area (Å²) in [6, 6.07) is 19.0. The Morgan fingerprint density at radius 1 is 1.06 bits per heavy atom. The first kappa shape index (κ1) is 23.4. The first-order valence-corrected chi connectivity index (χ1v) is 11.5. The monoisotopic (exact) mass is 452 g/mol. The lowest BCUT2D eigenvalue weighted by atomic mass is 10.0. The molecule has 2 amide bonds. The molecule has 0 radical (unpaired) electrons. The summed E-state index contributed by atoms with van der Waals surface area (Å²) in [6.07, 6.45) is -1.99. The highest BCUT2D eigenvalue weighted by atomic mass is 16.7. The zero-order valence-corrected chi connectivity index (χ0v) is 19.2. The Morgan fingerprint density at radius 3 is 2.30 bits per heavy atom. The van der Waals surface area contributed by atoms with Crippen LogP contribution in [0.5, 0.6) is 0 Å². The van der Waals surface area contributed by atoms with Crippen molar-refractivity contribution in [3.05, 3.63) is 71.8 Å². The van der Waals surface area contributed by atoms with Gasteiger partial charge in [0.05, 0.1) is 19.2 Å². The SMILES string of the molecule is CC(C)C[C@@H](CO)N(Cc1ccccc1)C(=O)[C@@H]1O[C@@H]2CN(Cc3ccccc3)C(=O)[C@H]1O2. The first-order valence-electron chi connectivity index (χ1n) is 11.5. The Kier molecular flexibility index (Phi) is 7.42. The summed E-state index contributed by atoms with van der Waals surface area (Å²) in [7, 11) is 0. The van der Waals surface area contributed by atoms with E-state index in [4.69, 9.17) is 9.47 Å². The smallest absolute Gasteiger partial charge is 0.255 e. The van der Waals surface area contributed by atoms with Crippen LogP contribution >= 0.6 is 0 Å². The fraction of sp³-hybridized carbons (Fsp3) is 0.462. The van der Waals surface area contributed by atoms with Gasteiger partial charge in [0.25, 0.3) is 11.8 Å². The van der Waals surface area contributed by atoms with Crippen LogP contribution < -0.4 is 0 Å². The van der Waals surface area contributed by atoms with Crippen molar-refractivity contribution in [1.29, 1.82) is 0 Å². The van der Waals surface area contributed by atoms with Crippen LogP contribution in [0.1, 0.15) is 31.4 Å². The van der Waals surface area contributed by atoms with E-state index in [1.54, 1.807) is 9.80 Å². The normalized spacial score (nSPS) is 23.1. The summed E-state index contributed by atoms with van der Waals surface area (Å²) in [5, 5.41) is 10.1. The fourth-order valence-electron chi connectivity index (χ4n) is 4.53. The number of aliphatic hydroxyl groups is 1. The van der Waals surface area contributed by atoms with E-state index >= 15 is 0 Å². The molecule has 33 heavy (non-hydrogen) atoms. The number of aliphatic hydroxyl groups excluding tert-OH is 1. The third-order valence-electron chi connectivity index (χ3n) is 6.13. The summed E-state index contributed by atoms with van der Waals surface area (Å²) < 4.78 is 11.7. The molecular weight excluding hydrogens is 420 g/mol. The Balaban J connectivity index is 1.54. The predicted octanol–water partition coefficient (Wildman–Crippen LogP) is 2.57. The van der Waals surface area contributed by atoms with E-state index in [-0.39, 0.29) is 36.9 Å². The van der Waals surface area contributed by atoms with Gasteiger partial charge >= 0.3 is 0 Å². The second-order valence-corrected chi connectivity index (χ2v) is 9.16. The molecule has 2 heterocycles. The lowest BCUT2D eigenvalue weighted by Crippen LogP contribution is -2.54. The van der Waals surface area contributed by atoms with Crippen LogP contribution in [0.15, 0.2) is 60.7 Å². The van der Waals surface area contributed by atoms with Gasteiger partial charge in [-0.25, -0.2) is 0 Å². The van der Waals surface area contributed by atoms with E-state index in [0.29, 0.717) is 19.5 Å². The van der Waals surface area contributed by atoms with Crippen molar-refractivity contribution >= 4 is 11.8 Å². The number of carbonyl (C=O) groups excluding carboxylic acids is 2. The molecular formula is C26H32N2O5. The Bertz CT molecular complexity index is 936. The van der Waals surface area contributed by atoms with Gasteiger partial charge in [-0.3, -0.25) is 9.59 Å². The van der Waals surface area contributed by atoms with Crippen molar-refractivity contribution in [1.82, 2.24) is 9.80 Å². The summed E-state index contributed by atoms with van der Waals surface area (Å²) in [5.74, 6) is -0.271. The van der Waals surface area contributed by atoms with E-state index in [1.165, 1.54) is 0 Å². The van der Waals surface area contributed by atoms with Gasteiger partial charge in [-0.15, -0.1) is 0 Å². The van der Waals surface area contributed by atoms with Gasteiger partial charge in [-0.05, 0) is 23.5 Å². The van der Waals surface area contributed by atoms with Crippen molar-refractivity contribution < 1.29 is 24.2 Å². The van der Waals surface area contributed by atoms with E-state index in [1.807, 2.05) is 60.7 Å². The molecule has 176 valence electrons. The van der Waals surface area contributed by atoms with Crippen molar-refractivity contribution in [3.8, 4) is 0 Å². The average Bonchev–Trinajstić information content (AvgIpc) is 3.19. The number of ether oxygens (including phenoxy) is 2. The van der Waals surface area contributed by atoms with Crippen molar-refractivity contribution in [2.45, 2.75) is 57.9 Å². The van der Waals surface area contributed by atoms with Crippen LogP contribution in [0.3, 0.4) is 0 Å². The predicted molar refractivity (Wildman–Crippen MR) is 123 cm³/mol. The largest absolute Gasteiger partial charge is 0.394 e. The maximum Gasteiger partial charge on any atom is 0.255 e. The molecule has 7 nitrogen and oxygen atoms in total. The number of fused-ring (bicyclic) bond motifs is 2. The third kappa shape index (κ3) is 5.43. The number of benzene rings is 2. The minimum Gasteiger partial charge on any atom is -0.394 e. The Hall–Kier alpha value is -2.74. The molecule has 0 unspecified atom stereocenters. The van der Waals surface area contributed by atoms with Crippen molar-refractivity contribution in [2.75, 3.05) is 13.2 Å². The van der Waals surface area contributed by atoms with Crippen LogP contribution in [0, 0.1) is 5.92 Å². The summed E-state index contributed by atoms with van der Waals surface area (Å²) >= 11 is 0. The number of morpholine rings is 1. The highest BCUT2D eigenvalue weighted by Crippen LogP contribution is 2.30. The van der Waals surface area contributed by atoms with Gasteiger partial charge in [-0.1, -0.05) is 74.5 Å². The van der Waals surface area contributed by atoms with Gasteiger partial charge in [-0.2, -0.15) is 0 Å². The molecule has 4 rings (SSSR count). The third-order valence-corrected chi connectivity index (χ3v) is 6.13. The van der Waals surface area contributed by atoms with Crippen LogP contribution in [0.25, 0.3) is 0 Å². The molecule has 7 heteroatoms. The zero-order chi connectivity index (χ0) is 23.4. The molecule has 2 aromatic rings. The number of nitrogens with zero attached hydrogens (tertiary/aromatic N) is 2. The molecule has 0 aromatic heterocycles. The number of rotatable bonds is 9.